The number of ether oxygens (including phenoxy) is 2. The molecular formula is C13H14O3. The van der Waals surface area contributed by atoms with Gasteiger partial charge in [0.15, 0.2) is 0 Å². The maximum atomic E-state index is 5.32. The summed E-state index contributed by atoms with van der Waals surface area (Å²) in [6, 6.07) is 3.79. The Morgan fingerprint density at radius 1 is 1.19 bits per heavy atom. The first-order valence-corrected chi connectivity index (χ1v) is 4.93. The summed E-state index contributed by atoms with van der Waals surface area (Å²) in [5.74, 6) is 9.65. The Morgan fingerprint density at radius 3 is 2.56 bits per heavy atom. The second kappa shape index (κ2) is 7.59. The first-order valence-electron chi connectivity index (χ1n) is 4.93. The molecule has 0 fully saturated rings. The minimum absolute atomic E-state index is 0.293. The zero-order valence-corrected chi connectivity index (χ0v) is 9.29. The van der Waals surface area contributed by atoms with Gasteiger partial charge in [-0.25, -0.2) is 0 Å². The number of terminal acetylenes is 1. The lowest BCUT2D eigenvalue weighted by molar-refractivity contribution is 0.134. The fourth-order valence-electron chi connectivity index (χ4n) is 1.03. The molecule has 0 atom stereocenters. The van der Waals surface area contributed by atoms with Gasteiger partial charge in [-0.3, -0.25) is 0 Å². The summed E-state index contributed by atoms with van der Waals surface area (Å²) in [6.07, 6.45) is 5.00. The van der Waals surface area contributed by atoms with Gasteiger partial charge in [-0.05, 0) is 19.1 Å². The predicted octanol–water partition coefficient (Wildman–Crippen LogP) is 1.76. The van der Waals surface area contributed by atoms with Crippen LogP contribution in [0.25, 0.3) is 0 Å². The van der Waals surface area contributed by atoms with Gasteiger partial charge in [-0.1, -0.05) is 17.8 Å². The molecule has 0 saturated heterocycles. The molecule has 0 aliphatic rings. The molecule has 1 aromatic rings. The summed E-state index contributed by atoms with van der Waals surface area (Å²) in [6.45, 7) is 3.33. The van der Waals surface area contributed by atoms with E-state index in [1.165, 1.54) is 0 Å². The standard InChI is InChI=1S/C13H14O3/c1-3-8-14-9-4-5-10-15-11-13-7-6-12(2)16-13/h1,6-7H,8-11H2,2H3. The van der Waals surface area contributed by atoms with Crippen molar-refractivity contribution in [3.05, 3.63) is 23.7 Å². The Bertz CT molecular complexity index is 401. The van der Waals surface area contributed by atoms with Gasteiger partial charge in [0.05, 0.1) is 0 Å². The van der Waals surface area contributed by atoms with Crippen molar-refractivity contribution in [2.75, 3.05) is 19.8 Å². The number of rotatable bonds is 5. The molecule has 0 N–H and O–H groups in total. The van der Waals surface area contributed by atoms with Crippen LogP contribution >= 0.6 is 0 Å². The van der Waals surface area contributed by atoms with Crippen LogP contribution in [0.5, 0.6) is 0 Å². The summed E-state index contributed by atoms with van der Waals surface area (Å²) in [4.78, 5) is 0. The highest BCUT2D eigenvalue weighted by molar-refractivity contribution is 5.05. The van der Waals surface area contributed by atoms with Crippen molar-refractivity contribution < 1.29 is 13.9 Å². The van der Waals surface area contributed by atoms with Gasteiger partial charge < -0.3 is 13.9 Å². The monoisotopic (exact) mass is 218 g/mol. The minimum Gasteiger partial charge on any atom is -0.464 e. The van der Waals surface area contributed by atoms with E-state index in [1.54, 1.807) is 0 Å². The van der Waals surface area contributed by atoms with Crippen molar-refractivity contribution in [2.24, 2.45) is 0 Å². The van der Waals surface area contributed by atoms with Crippen molar-refractivity contribution in [1.82, 2.24) is 0 Å². The third-order valence-corrected chi connectivity index (χ3v) is 1.70. The second-order valence-electron chi connectivity index (χ2n) is 3.06. The van der Waals surface area contributed by atoms with E-state index in [0.717, 1.165) is 11.5 Å². The first-order chi connectivity index (χ1) is 7.83. The van der Waals surface area contributed by atoms with Gasteiger partial charge in [0, 0.05) is 0 Å². The van der Waals surface area contributed by atoms with E-state index >= 15 is 0 Å². The average molecular weight is 218 g/mol. The van der Waals surface area contributed by atoms with Gasteiger partial charge in [-0.15, -0.1) is 6.42 Å². The Kier molecular flexibility index (Phi) is 5.88. The lowest BCUT2D eigenvalue weighted by Gasteiger charge is -1.95. The number of furan rings is 1. The van der Waals surface area contributed by atoms with Crippen molar-refractivity contribution in [1.29, 1.82) is 0 Å². The summed E-state index contributed by atoms with van der Waals surface area (Å²) in [5, 5.41) is 0. The highest BCUT2D eigenvalue weighted by Gasteiger charge is 1.96. The van der Waals surface area contributed by atoms with Crippen molar-refractivity contribution >= 4 is 0 Å². The van der Waals surface area contributed by atoms with Crippen LogP contribution in [-0.2, 0) is 16.1 Å². The van der Waals surface area contributed by atoms with Crippen LogP contribution in [0.15, 0.2) is 16.5 Å². The molecule has 0 amide bonds. The molecule has 1 rings (SSSR count). The smallest absolute Gasteiger partial charge is 0.129 e. The molecule has 0 spiro atoms. The van der Waals surface area contributed by atoms with E-state index in [0.29, 0.717) is 26.4 Å². The van der Waals surface area contributed by atoms with E-state index in [9.17, 15) is 0 Å². The van der Waals surface area contributed by atoms with Crippen LogP contribution < -0.4 is 0 Å². The van der Waals surface area contributed by atoms with Crippen LogP contribution in [0.3, 0.4) is 0 Å². The van der Waals surface area contributed by atoms with Gasteiger partial charge in [0.25, 0.3) is 0 Å². The predicted molar refractivity (Wildman–Crippen MR) is 60.5 cm³/mol. The van der Waals surface area contributed by atoms with Crippen molar-refractivity contribution in [3.8, 4) is 24.2 Å². The van der Waals surface area contributed by atoms with E-state index in [2.05, 4.69) is 17.8 Å². The van der Waals surface area contributed by atoms with Crippen LogP contribution in [-0.4, -0.2) is 19.8 Å². The third kappa shape index (κ3) is 5.26. The molecule has 3 heteroatoms. The molecule has 16 heavy (non-hydrogen) atoms. The van der Waals surface area contributed by atoms with E-state index < -0.39 is 0 Å². The summed E-state index contributed by atoms with van der Waals surface area (Å²) < 4.78 is 15.6. The molecule has 0 radical (unpaired) electrons. The molecule has 3 nitrogen and oxygen atoms in total. The third-order valence-electron chi connectivity index (χ3n) is 1.70. The normalized spacial score (nSPS) is 9.25. The van der Waals surface area contributed by atoms with E-state index in [1.807, 2.05) is 19.1 Å². The molecular weight excluding hydrogens is 204 g/mol. The quantitative estimate of drug-likeness (QED) is 0.557. The van der Waals surface area contributed by atoms with E-state index in [4.69, 9.17) is 20.3 Å². The SMILES string of the molecule is C#CCOCC#CCOCc1ccc(C)o1. The zero-order valence-electron chi connectivity index (χ0n) is 9.29. The number of hydrogen-bond acceptors (Lipinski definition) is 3. The van der Waals surface area contributed by atoms with Gasteiger partial charge in [0.1, 0.15) is 37.9 Å². The maximum Gasteiger partial charge on any atom is 0.129 e. The van der Waals surface area contributed by atoms with Gasteiger partial charge in [0.2, 0.25) is 0 Å². The fraction of sp³-hybridized carbons (Fsp3) is 0.385. The molecule has 0 saturated carbocycles. The largest absolute Gasteiger partial charge is 0.464 e. The first kappa shape index (κ1) is 12.4. The molecule has 0 aliphatic carbocycles. The molecule has 1 aromatic heterocycles. The number of aryl methyl sites for hydroxylation is 1. The topological polar surface area (TPSA) is 31.6 Å². The molecule has 1 heterocycles. The second-order valence-corrected chi connectivity index (χ2v) is 3.06. The summed E-state index contributed by atoms with van der Waals surface area (Å²) >= 11 is 0. The van der Waals surface area contributed by atoms with E-state index in [-0.39, 0.29) is 0 Å². The fourth-order valence-corrected chi connectivity index (χ4v) is 1.03. The molecule has 0 aromatic carbocycles. The Hall–Kier alpha value is -1.68. The molecule has 0 bridgehead atoms. The maximum absolute atomic E-state index is 5.32. The minimum atomic E-state index is 0.293. The molecule has 0 aliphatic heterocycles. The van der Waals surface area contributed by atoms with Crippen molar-refractivity contribution in [3.63, 3.8) is 0 Å². The highest BCUT2D eigenvalue weighted by atomic mass is 16.5. The number of hydrogen-bond donors (Lipinski definition) is 0. The Labute approximate surface area is 95.7 Å². The molecule has 0 unspecified atom stereocenters. The van der Waals surface area contributed by atoms with Crippen LogP contribution in [0, 0.1) is 31.1 Å². The lowest BCUT2D eigenvalue weighted by atomic mass is 10.4. The summed E-state index contributed by atoms with van der Waals surface area (Å²) in [7, 11) is 0. The van der Waals surface area contributed by atoms with Gasteiger partial charge in [-0.2, -0.15) is 0 Å². The Balaban J connectivity index is 2.05. The molecule has 84 valence electrons. The highest BCUT2D eigenvalue weighted by Crippen LogP contribution is 2.06. The van der Waals surface area contributed by atoms with Gasteiger partial charge >= 0.3 is 0 Å². The average Bonchev–Trinajstić information content (AvgIpc) is 2.68. The summed E-state index contributed by atoms with van der Waals surface area (Å²) in [5.41, 5.74) is 0. The van der Waals surface area contributed by atoms with Crippen LogP contribution in [0.4, 0.5) is 0 Å². The van der Waals surface area contributed by atoms with Crippen molar-refractivity contribution in [2.45, 2.75) is 13.5 Å². The van der Waals surface area contributed by atoms with Crippen LogP contribution in [0.2, 0.25) is 0 Å². The Morgan fingerprint density at radius 2 is 1.94 bits per heavy atom. The zero-order chi connectivity index (χ0) is 11.6. The lowest BCUT2D eigenvalue weighted by Crippen LogP contribution is -1.94. The van der Waals surface area contributed by atoms with Crippen LogP contribution in [0.1, 0.15) is 11.5 Å².